The van der Waals surface area contributed by atoms with Crippen molar-refractivity contribution in [1.29, 1.82) is 0 Å². The van der Waals surface area contributed by atoms with E-state index < -0.39 is 13.9 Å². The summed E-state index contributed by atoms with van der Waals surface area (Å²) in [7, 11) is 1.68. The molecule has 1 N–H and O–H groups in total. The highest BCUT2D eigenvalue weighted by molar-refractivity contribution is 7.47. The number of hydrogen-bond acceptors (Lipinski definition) is 6. The topological polar surface area (TPSA) is 91.3 Å². The molecule has 0 spiro atoms. The molecule has 0 aliphatic rings. The number of esters is 1. The SMILES string of the molecule is CCCCCCCCCCCCCCCCCCCCCCOCC(COP(=O)(O)OCC[N+](C)(C)C)OC(=O)CCCCCCC. The summed E-state index contributed by atoms with van der Waals surface area (Å²) >= 11 is 0. The fourth-order valence-electron chi connectivity index (χ4n) is 5.55. The van der Waals surface area contributed by atoms with E-state index >= 15 is 0 Å². The number of ether oxygens (including phenoxy) is 2. The Kier molecular flexibility index (Phi) is 32.3. The normalized spacial score (nSPS) is 13.9. The molecule has 0 fully saturated rings. The van der Waals surface area contributed by atoms with Crippen LogP contribution in [0.4, 0.5) is 0 Å². The second kappa shape index (κ2) is 32.7. The zero-order chi connectivity index (χ0) is 34.9. The maximum Gasteiger partial charge on any atom is 0.472 e. The van der Waals surface area contributed by atoms with Gasteiger partial charge in [-0.25, -0.2) is 4.57 Å². The standard InChI is InChI=1S/C38H78NO7P/c1-6-8-10-12-13-14-15-16-17-18-19-20-21-22-23-24-25-26-28-30-33-43-35-37(46-38(40)31-29-27-11-9-7-2)36-45-47(41,42)44-34-32-39(3,4)5/h37H,6-36H2,1-5H3/p+1. The van der Waals surface area contributed by atoms with Crippen molar-refractivity contribution in [1.82, 2.24) is 0 Å². The molecule has 0 aromatic carbocycles. The molecule has 0 saturated heterocycles. The lowest BCUT2D eigenvalue weighted by atomic mass is 10.0. The number of carbonyl (C=O) groups excluding carboxylic acids is 1. The van der Waals surface area contributed by atoms with Crippen LogP contribution in [0.25, 0.3) is 0 Å². The van der Waals surface area contributed by atoms with Gasteiger partial charge in [-0.2, -0.15) is 0 Å². The first-order chi connectivity index (χ1) is 22.6. The first kappa shape index (κ1) is 46.5. The van der Waals surface area contributed by atoms with Crippen molar-refractivity contribution in [3.05, 3.63) is 0 Å². The van der Waals surface area contributed by atoms with Crippen LogP contribution in [0.2, 0.25) is 0 Å². The van der Waals surface area contributed by atoms with Crippen molar-refractivity contribution in [2.45, 2.75) is 187 Å². The van der Waals surface area contributed by atoms with Gasteiger partial charge in [0.1, 0.15) is 19.3 Å². The minimum Gasteiger partial charge on any atom is -0.457 e. The van der Waals surface area contributed by atoms with Crippen LogP contribution in [-0.2, 0) is 27.9 Å². The smallest absolute Gasteiger partial charge is 0.457 e. The Labute approximate surface area is 291 Å². The lowest BCUT2D eigenvalue weighted by Crippen LogP contribution is -2.37. The molecule has 8 nitrogen and oxygen atoms in total. The van der Waals surface area contributed by atoms with Crippen LogP contribution >= 0.6 is 7.82 Å². The minimum atomic E-state index is -4.25. The Hall–Kier alpha value is -0.500. The largest absolute Gasteiger partial charge is 0.472 e. The predicted molar refractivity (Wildman–Crippen MR) is 197 cm³/mol. The molecule has 0 aromatic rings. The summed E-state index contributed by atoms with van der Waals surface area (Å²) in [4.78, 5) is 22.5. The highest BCUT2D eigenvalue weighted by atomic mass is 31.2. The fourth-order valence-corrected chi connectivity index (χ4v) is 6.29. The summed E-state index contributed by atoms with van der Waals surface area (Å²) in [6.07, 6.45) is 31.7. The van der Waals surface area contributed by atoms with Crippen LogP contribution in [0.5, 0.6) is 0 Å². The van der Waals surface area contributed by atoms with Gasteiger partial charge in [-0.15, -0.1) is 0 Å². The van der Waals surface area contributed by atoms with Crippen LogP contribution in [0, 0.1) is 0 Å². The van der Waals surface area contributed by atoms with Gasteiger partial charge in [-0.05, 0) is 12.8 Å². The summed E-state index contributed by atoms with van der Waals surface area (Å²) in [5.41, 5.74) is 0. The molecule has 2 unspecified atom stereocenters. The average molecular weight is 693 g/mol. The van der Waals surface area contributed by atoms with Gasteiger partial charge in [0.2, 0.25) is 0 Å². The van der Waals surface area contributed by atoms with Crippen molar-refractivity contribution >= 4 is 13.8 Å². The summed E-state index contributed by atoms with van der Waals surface area (Å²) in [6, 6.07) is 0. The molecular weight excluding hydrogens is 613 g/mol. The maximum atomic E-state index is 12.4. The molecule has 0 amide bonds. The van der Waals surface area contributed by atoms with Gasteiger partial charge in [0.15, 0.2) is 0 Å². The number of likely N-dealkylation sites (N-methyl/N-ethyl adjacent to an activating group) is 1. The molecule has 2 atom stereocenters. The number of phosphoric acid groups is 1. The molecule has 282 valence electrons. The van der Waals surface area contributed by atoms with E-state index in [4.69, 9.17) is 18.5 Å². The second-order valence-electron chi connectivity index (χ2n) is 14.7. The summed E-state index contributed by atoms with van der Waals surface area (Å²) in [5.74, 6) is -0.323. The van der Waals surface area contributed by atoms with E-state index in [1.54, 1.807) is 0 Å². The van der Waals surface area contributed by atoms with Crippen LogP contribution < -0.4 is 0 Å². The van der Waals surface area contributed by atoms with Crippen LogP contribution in [0.15, 0.2) is 0 Å². The van der Waals surface area contributed by atoms with E-state index in [0.29, 0.717) is 24.1 Å². The van der Waals surface area contributed by atoms with Crippen LogP contribution in [-0.4, -0.2) is 75.6 Å². The van der Waals surface area contributed by atoms with Crippen molar-refractivity contribution in [2.24, 2.45) is 0 Å². The van der Waals surface area contributed by atoms with Gasteiger partial charge in [0.25, 0.3) is 0 Å². The molecule has 0 heterocycles. The number of rotatable bonds is 37. The Morgan fingerprint density at radius 1 is 0.574 bits per heavy atom. The third kappa shape index (κ3) is 36.6. The van der Waals surface area contributed by atoms with Crippen molar-refractivity contribution in [3.8, 4) is 0 Å². The van der Waals surface area contributed by atoms with E-state index in [1.807, 2.05) is 21.1 Å². The Bertz CT molecular complexity index is 731. The lowest BCUT2D eigenvalue weighted by Gasteiger charge is -2.24. The lowest BCUT2D eigenvalue weighted by molar-refractivity contribution is -0.870. The quantitative estimate of drug-likeness (QED) is 0.0300. The van der Waals surface area contributed by atoms with Crippen molar-refractivity contribution < 1.29 is 37.3 Å². The van der Waals surface area contributed by atoms with Gasteiger partial charge in [0.05, 0.1) is 34.4 Å². The van der Waals surface area contributed by atoms with E-state index in [0.717, 1.165) is 38.5 Å². The van der Waals surface area contributed by atoms with Gasteiger partial charge in [-0.3, -0.25) is 13.8 Å². The van der Waals surface area contributed by atoms with Gasteiger partial charge >= 0.3 is 13.8 Å². The van der Waals surface area contributed by atoms with Crippen LogP contribution in [0.1, 0.15) is 181 Å². The maximum absolute atomic E-state index is 12.4. The zero-order valence-electron chi connectivity index (χ0n) is 31.8. The predicted octanol–water partition coefficient (Wildman–Crippen LogP) is 10.9. The van der Waals surface area contributed by atoms with Crippen molar-refractivity contribution in [3.63, 3.8) is 0 Å². The third-order valence-electron chi connectivity index (χ3n) is 8.67. The highest BCUT2D eigenvalue weighted by Gasteiger charge is 2.26. The molecule has 0 radical (unpaired) electrons. The number of phosphoric ester groups is 1. The number of carbonyl (C=O) groups is 1. The van der Waals surface area contributed by atoms with E-state index in [1.165, 1.54) is 122 Å². The Balaban J connectivity index is 3.96. The molecular formula is C38H79NO7P+. The Morgan fingerprint density at radius 2 is 0.979 bits per heavy atom. The number of nitrogens with zero attached hydrogens (tertiary/aromatic N) is 1. The van der Waals surface area contributed by atoms with Crippen molar-refractivity contribution in [2.75, 3.05) is 54.1 Å². The van der Waals surface area contributed by atoms with Gasteiger partial charge in [0, 0.05) is 13.0 Å². The van der Waals surface area contributed by atoms with Gasteiger partial charge < -0.3 is 18.9 Å². The molecule has 0 aliphatic carbocycles. The zero-order valence-corrected chi connectivity index (χ0v) is 32.7. The summed E-state index contributed by atoms with van der Waals surface area (Å²) in [5, 5.41) is 0. The Morgan fingerprint density at radius 3 is 1.40 bits per heavy atom. The summed E-state index contributed by atoms with van der Waals surface area (Å²) < 4.78 is 34.6. The number of unbranched alkanes of at least 4 members (excludes halogenated alkanes) is 23. The molecule has 0 saturated carbocycles. The monoisotopic (exact) mass is 693 g/mol. The summed E-state index contributed by atoms with van der Waals surface area (Å²) in [6.45, 7) is 5.57. The molecule has 0 aromatic heterocycles. The highest BCUT2D eigenvalue weighted by Crippen LogP contribution is 2.43. The number of quaternary nitrogens is 1. The molecule has 0 rings (SSSR count). The second-order valence-corrected chi connectivity index (χ2v) is 16.1. The van der Waals surface area contributed by atoms with E-state index in [2.05, 4.69) is 13.8 Å². The van der Waals surface area contributed by atoms with E-state index in [-0.39, 0.29) is 25.8 Å². The first-order valence-electron chi connectivity index (χ1n) is 19.8. The van der Waals surface area contributed by atoms with Crippen LogP contribution in [0.3, 0.4) is 0 Å². The third-order valence-corrected chi connectivity index (χ3v) is 9.65. The first-order valence-corrected chi connectivity index (χ1v) is 21.3. The molecule has 47 heavy (non-hydrogen) atoms. The molecule has 0 aliphatic heterocycles. The number of hydrogen-bond donors (Lipinski definition) is 1. The average Bonchev–Trinajstić information content (AvgIpc) is 3.01. The molecule has 0 bridgehead atoms. The van der Waals surface area contributed by atoms with Gasteiger partial charge in [-0.1, -0.05) is 162 Å². The minimum absolute atomic E-state index is 0.0927. The fraction of sp³-hybridized carbons (Fsp3) is 0.974. The van der Waals surface area contributed by atoms with E-state index in [9.17, 15) is 14.3 Å². The molecule has 9 heteroatoms.